The predicted molar refractivity (Wildman–Crippen MR) is 102 cm³/mol. The molecule has 1 heterocycles. The van der Waals surface area contributed by atoms with Gasteiger partial charge < -0.3 is 15.0 Å². The highest BCUT2D eigenvalue weighted by Gasteiger charge is 2.29. The van der Waals surface area contributed by atoms with Crippen LogP contribution in [0.2, 0.25) is 0 Å². The molecule has 6 nitrogen and oxygen atoms in total. The molecule has 0 aliphatic carbocycles. The van der Waals surface area contributed by atoms with Gasteiger partial charge in [-0.05, 0) is 43.2 Å². The minimum atomic E-state index is -0.511. The van der Waals surface area contributed by atoms with E-state index in [1.54, 1.807) is 43.3 Å². The Hall–Kier alpha value is -3.22. The van der Waals surface area contributed by atoms with Gasteiger partial charge in [-0.15, -0.1) is 0 Å². The maximum atomic E-state index is 12.9. The number of esters is 1. The fourth-order valence-electron chi connectivity index (χ4n) is 3.15. The lowest BCUT2D eigenvalue weighted by molar-refractivity contribution is -0.148. The van der Waals surface area contributed by atoms with Gasteiger partial charge in [0.15, 0.2) is 6.61 Å². The summed E-state index contributed by atoms with van der Waals surface area (Å²) in [5.41, 5.74) is 1.94. The van der Waals surface area contributed by atoms with Crippen LogP contribution < -0.4 is 10.2 Å². The molecule has 2 aromatic carbocycles. The molecule has 0 spiro atoms. The third-order valence-corrected chi connectivity index (χ3v) is 4.52. The van der Waals surface area contributed by atoms with E-state index in [-0.39, 0.29) is 30.6 Å². The largest absolute Gasteiger partial charge is 0.456 e. The Morgan fingerprint density at radius 1 is 1.18 bits per heavy atom. The van der Waals surface area contributed by atoms with E-state index in [2.05, 4.69) is 5.32 Å². The molecule has 7 heteroatoms. The van der Waals surface area contributed by atoms with E-state index in [0.29, 0.717) is 17.8 Å². The summed E-state index contributed by atoms with van der Waals surface area (Å²) in [6, 6.07) is 12.5. The van der Waals surface area contributed by atoms with Crippen molar-refractivity contribution < 1.29 is 23.5 Å². The average molecular weight is 384 g/mol. The maximum Gasteiger partial charge on any atom is 0.306 e. The number of hydrogen-bond acceptors (Lipinski definition) is 4. The molecule has 0 unspecified atom stereocenters. The van der Waals surface area contributed by atoms with Gasteiger partial charge in [-0.25, -0.2) is 4.39 Å². The number of nitrogens with one attached hydrogen (secondary N) is 1. The van der Waals surface area contributed by atoms with Crippen molar-refractivity contribution in [3.8, 4) is 0 Å². The van der Waals surface area contributed by atoms with Gasteiger partial charge in [0.05, 0.1) is 11.4 Å². The molecule has 3 rings (SSSR count). The van der Waals surface area contributed by atoms with E-state index >= 15 is 0 Å². The third-order valence-electron chi connectivity index (χ3n) is 4.52. The van der Waals surface area contributed by atoms with Crippen molar-refractivity contribution in [1.82, 2.24) is 0 Å². The summed E-state index contributed by atoms with van der Waals surface area (Å²) < 4.78 is 18.0. The van der Waals surface area contributed by atoms with E-state index in [9.17, 15) is 18.8 Å². The molecule has 0 radical (unpaired) electrons. The van der Waals surface area contributed by atoms with Crippen molar-refractivity contribution in [2.24, 2.45) is 0 Å². The average Bonchev–Trinajstić information content (AvgIpc) is 2.79. The lowest BCUT2D eigenvalue weighted by Crippen LogP contribution is -2.41. The number of carbonyl (C=O) groups is 3. The normalized spacial score (nSPS) is 16.0. The van der Waals surface area contributed by atoms with E-state index in [4.69, 9.17) is 4.74 Å². The second-order valence-corrected chi connectivity index (χ2v) is 6.67. The number of nitrogens with zero attached hydrogens (tertiary/aromatic N) is 1. The molecule has 0 saturated heterocycles. The molecule has 28 heavy (non-hydrogen) atoms. The van der Waals surface area contributed by atoms with Crippen LogP contribution in [0.4, 0.5) is 15.8 Å². The van der Waals surface area contributed by atoms with Crippen molar-refractivity contribution in [2.75, 3.05) is 16.8 Å². The molecule has 0 fully saturated rings. The Kier molecular flexibility index (Phi) is 6.03. The quantitative estimate of drug-likeness (QED) is 0.804. The van der Waals surface area contributed by atoms with E-state index in [1.165, 1.54) is 17.0 Å². The Morgan fingerprint density at radius 2 is 1.89 bits per heavy atom. The number of fused-ring (bicyclic) bond motifs is 1. The highest BCUT2D eigenvalue weighted by molar-refractivity contribution is 6.05. The van der Waals surface area contributed by atoms with Gasteiger partial charge in [0.2, 0.25) is 5.91 Å². The van der Waals surface area contributed by atoms with Crippen LogP contribution in [0.25, 0.3) is 0 Å². The van der Waals surface area contributed by atoms with Crippen LogP contribution in [-0.2, 0) is 25.5 Å². The molecule has 0 saturated carbocycles. The lowest BCUT2D eigenvalue weighted by atomic mass is 10.1. The highest BCUT2D eigenvalue weighted by Crippen LogP contribution is 2.31. The zero-order valence-corrected chi connectivity index (χ0v) is 15.5. The minimum absolute atomic E-state index is 0.0884. The van der Waals surface area contributed by atoms with Crippen molar-refractivity contribution in [3.05, 3.63) is 59.9 Å². The summed E-state index contributed by atoms with van der Waals surface area (Å²) in [6.45, 7) is 1.37. The fraction of sp³-hybridized carbons (Fsp3) is 0.286. The fourth-order valence-corrected chi connectivity index (χ4v) is 3.15. The summed E-state index contributed by atoms with van der Waals surface area (Å²) in [7, 11) is 0. The Balaban J connectivity index is 1.59. The number of ether oxygens (including phenoxy) is 1. The third kappa shape index (κ3) is 4.73. The van der Waals surface area contributed by atoms with Crippen molar-refractivity contribution in [3.63, 3.8) is 0 Å². The van der Waals surface area contributed by atoms with Crippen molar-refractivity contribution >= 4 is 29.2 Å². The first-order chi connectivity index (χ1) is 13.4. The summed E-state index contributed by atoms with van der Waals surface area (Å²) in [5, 5.41) is 2.78. The monoisotopic (exact) mass is 384 g/mol. The van der Waals surface area contributed by atoms with Crippen molar-refractivity contribution in [1.29, 1.82) is 0 Å². The van der Waals surface area contributed by atoms with Crippen LogP contribution in [0, 0.1) is 5.82 Å². The molecule has 1 aliphatic rings. The Morgan fingerprint density at radius 3 is 2.64 bits per heavy atom. The number of carbonyl (C=O) groups excluding carboxylic acids is 3. The van der Waals surface area contributed by atoms with Gasteiger partial charge in [-0.3, -0.25) is 14.4 Å². The Bertz CT molecular complexity index is 882. The van der Waals surface area contributed by atoms with Crippen LogP contribution in [-0.4, -0.2) is 30.4 Å². The summed E-state index contributed by atoms with van der Waals surface area (Å²) >= 11 is 0. The first kappa shape index (κ1) is 19.5. The molecule has 1 atom stereocenters. The smallest absolute Gasteiger partial charge is 0.306 e. The minimum Gasteiger partial charge on any atom is -0.456 e. The number of benzene rings is 2. The number of anilines is 2. The van der Waals surface area contributed by atoms with E-state index in [1.807, 2.05) is 0 Å². The molecule has 1 aliphatic heterocycles. The first-order valence-corrected chi connectivity index (χ1v) is 9.05. The van der Waals surface area contributed by atoms with Crippen LogP contribution in [0.15, 0.2) is 48.5 Å². The van der Waals surface area contributed by atoms with Crippen molar-refractivity contribution in [2.45, 2.75) is 32.2 Å². The zero-order chi connectivity index (χ0) is 20.1. The lowest BCUT2D eigenvalue weighted by Gasteiger charge is -2.27. The van der Waals surface area contributed by atoms with Crippen LogP contribution >= 0.6 is 0 Å². The molecular formula is C21H21FN2O4. The number of amides is 2. The standard InChI is InChI=1S/C21H21FN2O4/c1-14-12-19(25)23-17-4-2-3-5-18(17)24(14)20(26)13-28-21(27)11-8-15-6-9-16(22)10-7-15/h2-7,9-10,14H,8,11-13H2,1H3,(H,23,25)/t14-/m1/s1. The first-order valence-electron chi connectivity index (χ1n) is 9.05. The molecule has 2 amide bonds. The molecule has 1 N–H and O–H groups in total. The van der Waals surface area contributed by atoms with Gasteiger partial charge in [-0.2, -0.15) is 0 Å². The van der Waals surface area contributed by atoms with Gasteiger partial charge >= 0.3 is 5.97 Å². The molecule has 0 bridgehead atoms. The van der Waals surface area contributed by atoms with Gasteiger partial charge in [0.1, 0.15) is 5.82 Å². The number of aryl methyl sites for hydroxylation is 1. The molecule has 146 valence electrons. The van der Waals surface area contributed by atoms with Gasteiger partial charge in [0.25, 0.3) is 5.91 Å². The second kappa shape index (κ2) is 8.65. The van der Waals surface area contributed by atoms with Crippen LogP contribution in [0.3, 0.4) is 0 Å². The second-order valence-electron chi connectivity index (χ2n) is 6.67. The summed E-state index contributed by atoms with van der Waals surface area (Å²) in [4.78, 5) is 38.2. The number of para-hydroxylation sites is 2. The number of hydrogen-bond donors (Lipinski definition) is 1. The number of rotatable bonds is 5. The number of halogens is 1. The highest BCUT2D eigenvalue weighted by atomic mass is 19.1. The SMILES string of the molecule is C[C@@H]1CC(=O)Nc2ccccc2N1C(=O)COC(=O)CCc1ccc(F)cc1. The van der Waals surface area contributed by atoms with Gasteiger partial charge in [-0.1, -0.05) is 24.3 Å². The van der Waals surface area contributed by atoms with Crippen LogP contribution in [0.5, 0.6) is 0 Å². The molecule has 2 aromatic rings. The summed E-state index contributed by atoms with van der Waals surface area (Å²) in [5.74, 6) is -1.42. The van der Waals surface area contributed by atoms with E-state index in [0.717, 1.165) is 5.56 Å². The Labute approximate surface area is 162 Å². The maximum absolute atomic E-state index is 12.9. The topological polar surface area (TPSA) is 75.7 Å². The van der Waals surface area contributed by atoms with Gasteiger partial charge in [0, 0.05) is 18.9 Å². The summed E-state index contributed by atoms with van der Waals surface area (Å²) in [6.07, 6.45) is 0.638. The van der Waals surface area contributed by atoms with Crippen LogP contribution in [0.1, 0.15) is 25.3 Å². The zero-order valence-electron chi connectivity index (χ0n) is 15.5. The molecular weight excluding hydrogens is 363 g/mol. The molecule has 0 aromatic heterocycles. The predicted octanol–water partition coefficient (Wildman–Crippen LogP) is 3.07. The van der Waals surface area contributed by atoms with E-state index < -0.39 is 18.5 Å².